The summed E-state index contributed by atoms with van der Waals surface area (Å²) >= 11 is 1.31. The molecule has 0 saturated heterocycles. The highest BCUT2D eigenvalue weighted by Crippen LogP contribution is 2.27. The number of fused-ring (bicyclic) bond motifs is 1. The maximum atomic E-state index is 12.7. The van der Waals surface area contributed by atoms with Gasteiger partial charge < -0.3 is 18.8 Å². The number of esters is 1. The second-order valence-corrected chi connectivity index (χ2v) is 6.74. The zero-order valence-electron chi connectivity index (χ0n) is 15.8. The van der Waals surface area contributed by atoms with Gasteiger partial charge in [0.25, 0.3) is 5.91 Å². The predicted octanol–water partition coefficient (Wildman–Crippen LogP) is 3.02. The fourth-order valence-electron chi connectivity index (χ4n) is 2.70. The number of ether oxygens (including phenoxy) is 3. The minimum Gasteiger partial charge on any atom is -0.497 e. The molecule has 0 fully saturated rings. The van der Waals surface area contributed by atoms with Gasteiger partial charge in [-0.1, -0.05) is 23.5 Å². The quantitative estimate of drug-likeness (QED) is 0.594. The van der Waals surface area contributed by atoms with Crippen LogP contribution in [-0.4, -0.2) is 37.3 Å². The number of amides is 1. The molecule has 0 radical (unpaired) electrons. The fraction of sp³-hybridized carbons (Fsp3) is 0.250. The third kappa shape index (κ3) is 4.07. The number of benzene rings is 2. The molecular formula is C20H20N2O5S. The van der Waals surface area contributed by atoms with Crippen molar-refractivity contribution >= 4 is 33.4 Å². The minimum atomic E-state index is -0.443. The minimum absolute atomic E-state index is 0.0786. The van der Waals surface area contributed by atoms with Gasteiger partial charge in [0.1, 0.15) is 23.6 Å². The van der Waals surface area contributed by atoms with Crippen molar-refractivity contribution in [3.05, 3.63) is 52.8 Å². The molecule has 0 unspecified atom stereocenters. The van der Waals surface area contributed by atoms with Gasteiger partial charge in [0.15, 0.2) is 4.80 Å². The zero-order chi connectivity index (χ0) is 20.1. The molecule has 7 nitrogen and oxygen atoms in total. The number of hydrogen-bond donors (Lipinski definition) is 0. The molecule has 2 aromatic carbocycles. The maximum Gasteiger partial charge on any atom is 0.325 e. The third-order valence-electron chi connectivity index (χ3n) is 3.99. The van der Waals surface area contributed by atoms with Crippen LogP contribution in [0.25, 0.3) is 10.2 Å². The van der Waals surface area contributed by atoms with Crippen LogP contribution >= 0.6 is 11.3 Å². The normalized spacial score (nSPS) is 11.5. The van der Waals surface area contributed by atoms with Gasteiger partial charge in [-0.2, -0.15) is 4.99 Å². The van der Waals surface area contributed by atoms with Gasteiger partial charge in [0.05, 0.1) is 25.5 Å². The number of carbonyl (C=O) groups is 2. The van der Waals surface area contributed by atoms with Crippen molar-refractivity contribution in [1.29, 1.82) is 0 Å². The molecule has 1 heterocycles. The molecule has 0 saturated carbocycles. The van der Waals surface area contributed by atoms with Crippen LogP contribution in [0.3, 0.4) is 0 Å². The summed E-state index contributed by atoms with van der Waals surface area (Å²) in [6.45, 7) is 2.28. The van der Waals surface area contributed by atoms with Crippen molar-refractivity contribution in [2.24, 2.45) is 4.99 Å². The van der Waals surface area contributed by atoms with Crippen LogP contribution in [0.4, 0.5) is 0 Å². The molecule has 1 amide bonds. The van der Waals surface area contributed by atoms with E-state index in [0.29, 0.717) is 34.0 Å². The molecule has 8 heteroatoms. The lowest BCUT2D eigenvalue weighted by Gasteiger charge is -2.08. The number of nitrogens with zero attached hydrogens (tertiary/aromatic N) is 2. The van der Waals surface area contributed by atoms with E-state index in [9.17, 15) is 9.59 Å². The van der Waals surface area contributed by atoms with Crippen LogP contribution in [0.1, 0.15) is 17.3 Å². The van der Waals surface area contributed by atoms with Gasteiger partial charge in [-0.25, -0.2) is 0 Å². The Balaban J connectivity index is 2.17. The van der Waals surface area contributed by atoms with E-state index in [-0.39, 0.29) is 6.54 Å². The Morgan fingerprint density at radius 3 is 2.64 bits per heavy atom. The van der Waals surface area contributed by atoms with Crippen LogP contribution in [0.2, 0.25) is 0 Å². The van der Waals surface area contributed by atoms with Gasteiger partial charge in [0, 0.05) is 5.56 Å². The van der Waals surface area contributed by atoms with Gasteiger partial charge in [0.2, 0.25) is 0 Å². The van der Waals surface area contributed by atoms with Crippen molar-refractivity contribution in [3.8, 4) is 11.5 Å². The highest BCUT2D eigenvalue weighted by atomic mass is 32.1. The molecule has 0 aliphatic heterocycles. The summed E-state index contributed by atoms with van der Waals surface area (Å²) < 4.78 is 18.2. The number of rotatable bonds is 6. The second-order valence-electron chi connectivity index (χ2n) is 5.73. The summed E-state index contributed by atoms with van der Waals surface area (Å²) in [6.07, 6.45) is 0. The Kier molecular flexibility index (Phi) is 6.10. The molecular weight excluding hydrogens is 380 g/mol. The molecule has 0 N–H and O–H groups in total. The summed E-state index contributed by atoms with van der Waals surface area (Å²) in [5, 5.41) is 0. The summed E-state index contributed by atoms with van der Waals surface area (Å²) in [5.74, 6) is 0.317. The number of methoxy groups -OCH3 is 2. The Morgan fingerprint density at radius 1 is 1.14 bits per heavy atom. The first-order valence-corrected chi connectivity index (χ1v) is 9.44. The van der Waals surface area contributed by atoms with Crippen LogP contribution in [-0.2, 0) is 16.1 Å². The van der Waals surface area contributed by atoms with Crippen LogP contribution < -0.4 is 14.3 Å². The molecule has 1 aromatic heterocycles. The summed E-state index contributed by atoms with van der Waals surface area (Å²) in [4.78, 5) is 29.3. The van der Waals surface area contributed by atoms with E-state index in [2.05, 4.69) is 4.99 Å². The number of hydrogen-bond acceptors (Lipinski definition) is 6. The van der Waals surface area contributed by atoms with E-state index in [0.717, 1.165) is 4.70 Å². The molecule has 0 atom stereocenters. The van der Waals surface area contributed by atoms with E-state index in [4.69, 9.17) is 14.2 Å². The zero-order valence-corrected chi connectivity index (χ0v) is 16.6. The van der Waals surface area contributed by atoms with E-state index in [1.54, 1.807) is 28.8 Å². The van der Waals surface area contributed by atoms with Crippen LogP contribution in [0, 0.1) is 0 Å². The van der Waals surface area contributed by atoms with Crippen LogP contribution in [0.5, 0.6) is 11.5 Å². The molecule has 3 aromatic rings. The van der Waals surface area contributed by atoms with Crippen molar-refractivity contribution in [2.75, 3.05) is 20.8 Å². The molecule has 28 heavy (non-hydrogen) atoms. The monoisotopic (exact) mass is 400 g/mol. The average Bonchev–Trinajstić information content (AvgIpc) is 3.06. The molecule has 0 spiro atoms. The smallest absolute Gasteiger partial charge is 0.325 e. The fourth-order valence-corrected chi connectivity index (χ4v) is 3.75. The first-order valence-electron chi connectivity index (χ1n) is 8.62. The first kappa shape index (κ1) is 19.6. The van der Waals surface area contributed by atoms with Crippen molar-refractivity contribution in [1.82, 2.24) is 4.57 Å². The summed E-state index contributed by atoms with van der Waals surface area (Å²) in [7, 11) is 2.85. The summed E-state index contributed by atoms with van der Waals surface area (Å²) in [5.41, 5.74) is 1.10. The first-order chi connectivity index (χ1) is 13.6. The van der Waals surface area contributed by atoms with Crippen molar-refractivity contribution < 1.29 is 23.8 Å². The second kappa shape index (κ2) is 8.71. The average molecular weight is 400 g/mol. The number of thiazole rings is 1. The molecule has 0 aliphatic carbocycles. The maximum absolute atomic E-state index is 12.7. The highest BCUT2D eigenvalue weighted by molar-refractivity contribution is 7.16. The SMILES string of the molecule is CCOc1cccc2sc(=NC(=O)c3cccc(OC)c3)n(CC(=O)OC)c12. The largest absolute Gasteiger partial charge is 0.497 e. The topological polar surface area (TPSA) is 79.1 Å². The summed E-state index contributed by atoms with van der Waals surface area (Å²) in [6, 6.07) is 12.3. The number of carbonyl (C=O) groups excluding carboxylic acids is 2. The number of para-hydroxylation sites is 1. The molecule has 0 bridgehead atoms. The van der Waals surface area contributed by atoms with Gasteiger partial charge in [-0.15, -0.1) is 0 Å². The lowest BCUT2D eigenvalue weighted by molar-refractivity contribution is -0.141. The highest BCUT2D eigenvalue weighted by Gasteiger charge is 2.16. The van der Waals surface area contributed by atoms with E-state index in [1.807, 2.05) is 25.1 Å². The standard InChI is InChI=1S/C20H20N2O5S/c1-4-27-15-9-6-10-16-18(15)22(12-17(23)26-3)20(28-16)21-19(24)13-7-5-8-14(11-13)25-2/h5-11H,4,12H2,1-3H3. The van der Waals surface area contributed by atoms with Gasteiger partial charge in [-0.05, 0) is 37.3 Å². The molecule has 3 rings (SSSR count). The Morgan fingerprint density at radius 2 is 1.93 bits per heavy atom. The van der Waals surface area contributed by atoms with Crippen LogP contribution in [0.15, 0.2) is 47.5 Å². The van der Waals surface area contributed by atoms with Crippen molar-refractivity contribution in [2.45, 2.75) is 13.5 Å². The van der Waals surface area contributed by atoms with E-state index < -0.39 is 11.9 Å². The Hall–Kier alpha value is -3.13. The number of aromatic nitrogens is 1. The third-order valence-corrected chi connectivity index (χ3v) is 5.04. The van der Waals surface area contributed by atoms with Gasteiger partial charge >= 0.3 is 5.97 Å². The predicted molar refractivity (Wildman–Crippen MR) is 106 cm³/mol. The van der Waals surface area contributed by atoms with E-state index in [1.165, 1.54) is 25.6 Å². The molecule has 0 aliphatic rings. The Labute approximate surface area is 165 Å². The Bertz CT molecular complexity index is 1080. The van der Waals surface area contributed by atoms with E-state index >= 15 is 0 Å². The van der Waals surface area contributed by atoms with Gasteiger partial charge in [-0.3, -0.25) is 9.59 Å². The molecule has 146 valence electrons. The lowest BCUT2D eigenvalue weighted by Crippen LogP contribution is -2.22. The lowest BCUT2D eigenvalue weighted by atomic mass is 10.2. The van der Waals surface area contributed by atoms with Crippen molar-refractivity contribution in [3.63, 3.8) is 0 Å².